The summed E-state index contributed by atoms with van der Waals surface area (Å²) < 4.78 is 5.12. The van der Waals surface area contributed by atoms with Crippen LogP contribution in [0, 0.1) is 6.92 Å². The third-order valence-corrected chi connectivity index (χ3v) is 2.74. The van der Waals surface area contributed by atoms with Crippen molar-refractivity contribution in [2.45, 2.75) is 13.5 Å². The lowest BCUT2D eigenvalue weighted by molar-refractivity contribution is 0.186. The van der Waals surface area contributed by atoms with Crippen molar-refractivity contribution in [3.8, 4) is 0 Å². The molecule has 0 unspecified atom stereocenters. The van der Waals surface area contributed by atoms with Crippen LogP contribution in [0.4, 0.5) is 0 Å². The lowest BCUT2D eigenvalue weighted by Crippen LogP contribution is -1.93. The fraction of sp³-hybridized carbons (Fsp3) is 0.250. The van der Waals surface area contributed by atoms with Crippen molar-refractivity contribution >= 4 is 22.5 Å². The number of benzene rings is 1. The Hall–Kier alpha value is -1.12. The number of para-hydroxylation sites is 1. The fourth-order valence-electron chi connectivity index (χ4n) is 1.62. The average molecular weight is 222 g/mol. The van der Waals surface area contributed by atoms with Crippen LogP contribution in [0.1, 0.15) is 11.1 Å². The molecule has 0 saturated carbocycles. The van der Waals surface area contributed by atoms with Crippen LogP contribution in [0.15, 0.2) is 24.3 Å². The summed E-state index contributed by atoms with van der Waals surface area (Å²) in [6, 6.07) is 8.09. The maximum absolute atomic E-state index is 6.01. The first-order valence-electron chi connectivity index (χ1n) is 4.76. The monoisotopic (exact) mass is 221 g/mol. The molecule has 0 saturated heterocycles. The number of halogens is 1. The van der Waals surface area contributed by atoms with Gasteiger partial charge in [-0.1, -0.05) is 29.8 Å². The molecule has 0 radical (unpaired) electrons. The van der Waals surface area contributed by atoms with Crippen LogP contribution < -0.4 is 0 Å². The Kier molecular flexibility index (Phi) is 2.89. The molecule has 0 bridgehead atoms. The topological polar surface area (TPSA) is 22.1 Å². The first kappa shape index (κ1) is 10.4. The van der Waals surface area contributed by atoms with E-state index in [1.54, 1.807) is 7.11 Å². The SMILES string of the molecule is COCc1cccc2cc(C)c(Cl)nc12. The smallest absolute Gasteiger partial charge is 0.132 e. The Morgan fingerprint density at radius 3 is 2.93 bits per heavy atom. The number of hydrogen-bond donors (Lipinski definition) is 0. The van der Waals surface area contributed by atoms with Gasteiger partial charge in [0.15, 0.2) is 0 Å². The molecule has 2 rings (SSSR count). The molecule has 1 heterocycles. The van der Waals surface area contributed by atoms with E-state index < -0.39 is 0 Å². The third kappa shape index (κ3) is 1.96. The number of ether oxygens (including phenoxy) is 1. The highest BCUT2D eigenvalue weighted by Gasteiger charge is 2.05. The van der Waals surface area contributed by atoms with E-state index in [1.165, 1.54) is 0 Å². The van der Waals surface area contributed by atoms with E-state index >= 15 is 0 Å². The Morgan fingerprint density at radius 2 is 2.20 bits per heavy atom. The maximum atomic E-state index is 6.01. The summed E-state index contributed by atoms with van der Waals surface area (Å²) in [7, 11) is 1.68. The lowest BCUT2D eigenvalue weighted by atomic mass is 10.1. The van der Waals surface area contributed by atoms with Gasteiger partial charge in [-0.05, 0) is 18.6 Å². The summed E-state index contributed by atoms with van der Waals surface area (Å²) in [4.78, 5) is 4.38. The Bertz CT molecular complexity index is 496. The van der Waals surface area contributed by atoms with Gasteiger partial charge in [0.1, 0.15) is 5.15 Å². The van der Waals surface area contributed by atoms with E-state index in [1.807, 2.05) is 31.2 Å². The fourth-order valence-corrected chi connectivity index (χ4v) is 1.75. The van der Waals surface area contributed by atoms with Crippen molar-refractivity contribution in [3.63, 3.8) is 0 Å². The van der Waals surface area contributed by atoms with Crippen molar-refractivity contribution in [2.75, 3.05) is 7.11 Å². The van der Waals surface area contributed by atoms with Gasteiger partial charge >= 0.3 is 0 Å². The molecule has 15 heavy (non-hydrogen) atoms. The van der Waals surface area contributed by atoms with Crippen LogP contribution in [0.25, 0.3) is 10.9 Å². The number of aryl methyl sites for hydroxylation is 1. The third-order valence-electron chi connectivity index (χ3n) is 2.36. The van der Waals surface area contributed by atoms with Crippen molar-refractivity contribution in [2.24, 2.45) is 0 Å². The highest BCUT2D eigenvalue weighted by molar-refractivity contribution is 6.30. The Balaban J connectivity index is 2.68. The highest BCUT2D eigenvalue weighted by Crippen LogP contribution is 2.22. The van der Waals surface area contributed by atoms with Gasteiger partial charge in [0.25, 0.3) is 0 Å². The summed E-state index contributed by atoms with van der Waals surface area (Å²) in [5, 5.41) is 1.66. The van der Waals surface area contributed by atoms with E-state index in [0.717, 1.165) is 22.0 Å². The molecule has 1 aromatic carbocycles. The van der Waals surface area contributed by atoms with E-state index in [4.69, 9.17) is 16.3 Å². The summed E-state index contributed by atoms with van der Waals surface area (Å²) in [5.74, 6) is 0. The van der Waals surface area contributed by atoms with E-state index in [0.29, 0.717) is 11.8 Å². The molecule has 0 aliphatic carbocycles. The zero-order chi connectivity index (χ0) is 10.8. The van der Waals surface area contributed by atoms with Crippen LogP contribution >= 0.6 is 11.6 Å². The standard InChI is InChI=1S/C12H12ClNO/c1-8-6-9-4-3-5-10(7-15-2)11(9)14-12(8)13/h3-6H,7H2,1-2H3. The van der Waals surface area contributed by atoms with Crippen LogP contribution in [-0.2, 0) is 11.3 Å². The van der Waals surface area contributed by atoms with Crippen LogP contribution in [0.2, 0.25) is 5.15 Å². The van der Waals surface area contributed by atoms with E-state index in [-0.39, 0.29) is 0 Å². The molecule has 3 heteroatoms. The molecule has 0 fully saturated rings. The number of pyridine rings is 1. The number of rotatable bonds is 2. The first-order valence-corrected chi connectivity index (χ1v) is 5.14. The lowest BCUT2D eigenvalue weighted by Gasteiger charge is -2.06. The van der Waals surface area contributed by atoms with Gasteiger partial charge in [-0.15, -0.1) is 0 Å². The van der Waals surface area contributed by atoms with Gasteiger partial charge in [-0.3, -0.25) is 0 Å². The number of hydrogen-bond acceptors (Lipinski definition) is 2. The predicted molar refractivity (Wildman–Crippen MR) is 62.2 cm³/mol. The minimum atomic E-state index is 0.559. The van der Waals surface area contributed by atoms with Crippen molar-refractivity contribution in [1.29, 1.82) is 0 Å². The molecular formula is C12H12ClNO. The van der Waals surface area contributed by atoms with Gasteiger partial charge in [-0.25, -0.2) is 4.98 Å². The summed E-state index contributed by atoms with van der Waals surface area (Å²) in [6.07, 6.45) is 0. The molecule has 1 aromatic heterocycles. The van der Waals surface area contributed by atoms with Crippen molar-refractivity contribution < 1.29 is 4.74 Å². The number of nitrogens with zero attached hydrogens (tertiary/aromatic N) is 1. The molecule has 0 atom stereocenters. The largest absolute Gasteiger partial charge is 0.380 e. The zero-order valence-electron chi connectivity index (χ0n) is 8.75. The van der Waals surface area contributed by atoms with Crippen molar-refractivity contribution in [1.82, 2.24) is 4.98 Å². The molecular weight excluding hydrogens is 210 g/mol. The molecule has 2 nitrogen and oxygen atoms in total. The quantitative estimate of drug-likeness (QED) is 0.726. The van der Waals surface area contributed by atoms with Gasteiger partial charge < -0.3 is 4.74 Å². The van der Waals surface area contributed by atoms with Gasteiger partial charge in [0, 0.05) is 18.1 Å². The summed E-state index contributed by atoms with van der Waals surface area (Å²) >= 11 is 6.01. The maximum Gasteiger partial charge on any atom is 0.132 e. The minimum absolute atomic E-state index is 0.559. The molecule has 0 amide bonds. The molecule has 0 aliphatic heterocycles. The molecule has 0 spiro atoms. The summed E-state index contributed by atoms with van der Waals surface area (Å²) in [5.41, 5.74) is 2.99. The first-order chi connectivity index (χ1) is 7.22. The normalized spacial score (nSPS) is 10.9. The van der Waals surface area contributed by atoms with E-state index in [2.05, 4.69) is 4.98 Å². The molecule has 0 N–H and O–H groups in total. The van der Waals surface area contributed by atoms with Crippen LogP contribution in [-0.4, -0.2) is 12.1 Å². The minimum Gasteiger partial charge on any atom is -0.380 e. The van der Waals surface area contributed by atoms with Gasteiger partial charge in [0.2, 0.25) is 0 Å². The van der Waals surface area contributed by atoms with Crippen LogP contribution in [0.5, 0.6) is 0 Å². The predicted octanol–water partition coefficient (Wildman–Crippen LogP) is 3.34. The highest BCUT2D eigenvalue weighted by atomic mass is 35.5. The average Bonchev–Trinajstić information content (AvgIpc) is 2.21. The zero-order valence-corrected chi connectivity index (χ0v) is 9.51. The second kappa shape index (κ2) is 4.17. The Morgan fingerprint density at radius 1 is 1.40 bits per heavy atom. The molecule has 2 aromatic rings. The number of fused-ring (bicyclic) bond motifs is 1. The number of methoxy groups -OCH3 is 1. The molecule has 0 aliphatic rings. The second-order valence-corrected chi connectivity index (χ2v) is 3.88. The summed E-state index contributed by atoms with van der Waals surface area (Å²) in [6.45, 7) is 2.52. The van der Waals surface area contributed by atoms with Crippen molar-refractivity contribution in [3.05, 3.63) is 40.5 Å². The van der Waals surface area contributed by atoms with E-state index in [9.17, 15) is 0 Å². The Labute approximate surface area is 93.8 Å². The van der Waals surface area contributed by atoms with Crippen LogP contribution in [0.3, 0.4) is 0 Å². The van der Waals surface area contributed by atoms with Gasteiger partial charge in [-0.2, -0.15) is 0 Å². The number of aromatic nitrogens is 1. The second-order valence-electron chi connectivity index (χ2n) is 3.52. The van der Waals surface area contributed by atoms with Gasteiger partial charge in [0.05, 0.1) is 12.1 Å². The molecule has 78 valence electrons.